The maximum atomic E-state index is 6.18. The van der Waals surface area contributed by atoms with Gasteiger partial charge in [0.15, 0.2) is 0 Å². The molecule has 0 unspecified atom stereocenters. The lowest BCUT2D eigenvalue weighted by atomic mass is 10.2. The minimum atomic E-state index is 0.679. The van der Waals surface area contributed by atoms with Crippen LogP contribution in [0.25, 0.3) is 0 Å². The van der Waals surface area contributed by atoms with Crippen molar-refractivity contribution in [1.29, 1.82) is 0 Å². The molecule has 100 valence electrons. The van der Waals surface area contributed by atoms with E-state index in [0.29, 0.717) is 6.54 Å². The molecular weight excluding hydrogens is 326 g/mol. The second kappa shape index (κ2) is 6.94. The normalized spacial score (nSPS) is 10.5. The van der Waals surface area contributed by atoms with Crippen molar-refractivity contribution in [3.8, 4) is 5.75 Å². The lowest BCUT2D eigenvalue weighted by Crippen LogP contribution is -2.13. The standard InChI is InChI=1S/C15H15BrClNO/c1-19-15-4-2-3-14(17)13(15)10-18-9-11-5-7-12(16)8-6-11/h2-8,18H,9-10H2,1H3. The van der Waals surface area contributed by atoms with Crippen molar-refractivity contribution in [3.63, 3.8) is 0 Å². The van der Waals surface area contributed by atoms with Crippen LogP contribution in [0.2, 0.25) is 5.02 Å². The fourth-order valence-electron chi connectivity index (χ4n) is 1.84. The molecule has 0 aliphatic rings. The summed E-state index contributed by atoms with van der Waals surface area (Å²) in [6, 6.07) is 13.9. The highest BCUT2D eigenvalue weighted by molar-refractivity contribution is 9.10. The number of benzene rings is 2. The van der Waals surface area contributed by atoms with Crippen LogP contribution in [0, 0.1) is 0 Å². The molecule has 0 amide bonds. The fourth-order valence-corrected chi connectivity index (χ4v) is 2.33. The van der Waals surface area contributed by atoms with Crippen LogP contribution < -0.4 is 10.1 Å². The van der Waals surface area contributed by atoms with Crippen LogP contribution in [0.4, 0.5) is 0 Å². The van der Waals surface area contributed by atoms with Gasteiger partial charge in [-0.1, -0.05) is 45.7 Å². The predicted molar refractivity (Wildman–Crippen MR) is 82.7 cm³/mol. The zero-order valence-electron chi connectivity index (χ0n) is 10.6. The third-order valence-corrected chi connectivity index (χ3v) is 3.72. The van der Waals surface area contributed by atoms with Crippen molar-refractivity contribution in [2.45, 2.75) is 13.1 Å². The van der Waals surface area contributed by atoms with Crippen molar-refractivity contribution in [2.24, 2.45) is 0 Å². The Balaban J connectivity index is 1.97. The third-order valence-electron chi connectivity index (χ3n) is 2.84. The minimum Gasteiger partial charge on any atom is -0.496 e. The first-order chi connectivity index (χ1) is 9.20. The van der Waals surface area contributed by atoms with E-state index in [9.17, 15) is 0 Å². The summed E-state index contributed by atoms with van der Waals surface area (Å²) in [5, 5.41) is 4.10. The summed E-state index contributed by atoms with van der Waals surface area (Å²) in [4.78, 5) is 0. The fraction of sp³-hybridized carbons (Fsp3) is 0.200. The van der Waals surface area contributed by atoms with E-state index in [1.165, 1.54) is 5.56 Å². The van der Waals surface area contributed by atoms with Gasteiger partial charge < -0.3 is 10.1 Å². The Kier molecular flexibility index (Phi) is 5.25. The zero-order valence-corrected chi connectivity index (χ0v) is 13.0. The van der Waals surface area contributed by atoms with E-state index < -0.39 is 0 Å². The lowest BCUT2D eigenvalue weighted by molar-refractivity contribution is 0.407. The van der Waals surface area contributed by atoms with Gasteiger partial charge in [-0.15, -0.1) is 0 Å². The summed E-state index contributed by atoms with van der Waals surface area (Å²) >= 11 is 9.61. The van der Waals surface area contributed by atoms with Crippen LogP contribution in [0.15, 0.2) is 46.9 Å². The highest BCUT2D eigenvalue weighted by atomic mass is 79.9. The quantitative estimate of drug-likeness (QED) is 0.871. The number of nitrogens with one attached hydrogen (secondary N) is 1. The highest BCUT2D eigenvalue weighted by Gasteiger charge is 2.06. The average molecular weight is 341 g/mol. The molecule has 0 fully saturated rings. The van der Waals surface area contributed by atoms with Crippen LogP contribution in [-0.4, -0.2) is 7.11 Å². The molecule has 2 aromatic carbocycles. The van der Waals surface area contributed by atoms with Crippen LogP contribution >= 0.6 is 27.5 Å². The van der Waals surface area contributed by atoms with Gasteiger partial charge in [0.25, 0.3) is 0 Å². The number of ether oxygens (including phenoxy) is 1. The van der Waals surface area contributed by atoms with Gasteiger partial charge in [-0.3, -0.25) is 0 Å². The summed E-state index contributed by atoms with van der Waals surface area (Å²) in [6.45, 7) is 1.47. The number of hydrogen-bond acceptors (Lipinski definition) is 2. The van der Waals surface area contributed by atoms with Gasteiger partial charge in [0.05, 0.1) is 7.11 Å². The van der Waals surface area contributed by atoms with E-state index in [4.69, 9.17) is 16.3 Å². The van der Waals surface area contributed by atoms with Crippen LogP contribution in [-0.2, 0) is 13.1 Å². The summed E-state index contributed by atoms with van der Waals surface area (Å²) in [6.07, 6.45) is 0. The van der Waals surface area contributed by atoms with Crippen LogP contribution in [0.5, 0.6) is 5.75 Å². The molecule has 0 saturated heterocycles. The molecule has 0 aliphatic carbocycles. The molecule has 0 bridgehead atoms. The summed E-state index contributed by atoms with van der Waals surface area (Å²) in [5.41, 5.74) is 2.22. The molecule has 1 N–H and O–H groups in total. The lowest BCUT2D eigenvalue weighted by Gasteiger charge is -2.11. The van der Waals surface area contributed by atoms with Gasteiger partial charge in [-0.25, -0.2) is 0 Å². The maximum absolute atomic E-state index is 6.18. The SMILES string of the molecule is COc1cccc(Cl)c1CNCc1ccc(Br)cc1. The van der Waals surface area contributed by atoms with Gasteiger partial charge >= 0.3 is 0 Å². The predicted octanol–water partition coefficient (Wildman–Crippen LogP) is 4.40. The Morgan fingerprint density at radius 2 is 1.84 bits per heavy atom. The second-order valence-electron chi connectivity index (χ2n) is 4.15. The molecule has 0 aliphatic heterocycles. The van der Waals surface area contributed by atoms with E-state index >= 15 is 0 Å². The minimum absolute atomic E-state index is 0.679. The summed E-state index contributed by atoms with van der Waals surface area (Å²) in [5.74, 6) is 0.816. The van der Waals surface area contributed by atoms with Crippen LogP contribution in [0.1, 0.15) is 11.1 Å². The Morgan fingerprint density at radius 1 is 1.11 bits per heavy atom. The number of hydrogen-bond donors (Lipinski definition) is 1. The van der Waals surface area contributed by atoms with Crippen LogP contribution in [0.3, 0.4) is 0 Å². The molecule has 2 nitrogen and oxygen atoms in total. The summed E-state index contributed by atoms with van der Waals surface area (Å²) < 4.78 is 6.40. The first-order valence-corrected chi connectivity index (χ1v) is 7.14. The van der Waals surface area contributed by atoms with Crippen molar-refractivity contribution in [1.82, 2.24) is 5.32 Å². The topological polar surface area (TPSA) is 21.3 Å². The van der Waals surface area contributed by atoms with Gasteiger partial charge in [0.2, 0.25) is 0 Å². The Hall–Kier alpha value is -1.03. The Bertz CT molecular complexity index is 542. The number of rotatable bonds is 5. The first kappa shape index (κ1) is 14.4. The van der Waals surface area contributed by atoms with Crippen molar-refractivity contribution < 1.29 is 4.74 Å². The average Bonchev–Trinajstić information content (AvgIpc) is 2.42. The number of methoxy groups -OCH3 is 1. The molecule has 0 spiro atoms. The maximum Gasteiger partial charge on any atom is 0.124 e. The third kappa shape index (κ3) is 3.96. The van der Waals surface area contributed by atoms with E-state index in [-0.39, 0.29) is 0 Å². The van der Waals surface area contributed by atoms with E-state index in [0.717, 1.165) is 27.4 Å². The number of halogens is 2. The van der Waals surface area contributed by atoms with Crippen molar-refractivity contribution in [3.05, 3.63) is 63.1 Å². The molecule has 19 heavy (non-hydrogen) atoms. The van der Waals surface area contributed by atoms with E-state index in [1.54, 1.807) is 7.11 Å². The second-order valence-corrected chi connectivity index (χ2v) is 5.47. The molecule has 0 atom stereocenters. The van der Waals surface area contributed by atoms with Gasteiger partial charge in [-0.05, 0) is 29.8 Å². The van der Waals surface area contributed by atoms with Crippen molar-refractivity contribution >= 4 is 27.5 Å². The molecule has 2 aromatic rings. The van der Waals surface area contributed by atoms with Gasteiger partial charge in [0.1, 0.15) is 5.75 Å². The smallest absolute Gasteiger partial charge is 0.124 e. The Morgan fingerprint density at radius 3 is 2.53 bits per heavy atom. The highest BCUT2D eigenvalue weighted by Crippen LogP contribution is 2.25. The molecular formula is C15H15BrClNO. The first-order valence-electron chi connectivity index (χ1n) is 5.97. The largest absolute Gasteiger partial charge is 0.496 e. The molecule has 4 heteroatoms. The molecule has 0 heterocycles. The van der Waals surface area contributed by atoms with Gasteiger partial charge in [0, 0.05) is 28.1 Å². The van der Waals surface area contributed by atoms with E-state index in [1.807, 2.05) is 30.3 Å². The monoisotopic (exact) mass is 339 g/mol. The Labute approximate surface area is 126 Å². The van der Waals surface area contributed by atoms with Gasteiger partial charge in [-0.2, -0.15) is 0 Å². The van der Waals surface area contributed by atoms with Crippen molar-refractivity contribution in [2.75, 3.05) is 7.11 Å². The van der Waals surface area contributed by atoms with E-state index in [2.05, 4.69) is 33.4 Å². The molecule has 2 rings (SSSR count). The summed E-state index contributed by atoms with van der Waals surface area (Å²) in [7, 11) is 1.66. The molecule has 0 saturated carbocycles. The molecule has 0 radical (unpaired) electrons. The molecule has 0 aromatic heterocycles. The zero-order chi connectivity index (χ0) is 13.7.